The van der Waals surface area contributed by atoms with Gasteiger partial charge in [-0.05, 0) is 24.6 Å². The van der Waals surface area contributed by atoms with Crippen molar-refractivity contribution in [1.82, 2.24) is 4.57 Å². The van der Waals surface area contributed by atoms with E-state index in [1.807, 2.05) is 0 Å². The third kappa shape index (κ3) is 2.21. The van der Waals surface area contributed by atoms with Crippen LogP contribution in [0.25, 0.3) is 10.9 Å². The predicted octanol–water partition coefficient (Wildman–Crippen LogP) is 2.29. The number of aliphatic hydroxyl groups is 1. The topological polar surface area (TPSA) is 59.3 Å². The highest BCUT2D eigenvalue weighted by Gasteiger charge is 2.31. The summed E-state index contributed by atoms with van der Waals surface area (Å²) in [6.07, 6.45) is 0.432. The molecule has 1 aromatic carbocycles. The maximum absolute atomic E-state index is 14.2. The first-order valence-corrected chi connectivity index (χ1v) is 8.41. The van der Waals surface area contributed by atoms with Crippen molar-refractivity contribution in [2.75, 3.05) is 11.5 Å². The molecule has 2 heterocycles. The largest absolute Gasteiger partial charge is 0.390 e. The summed E-state index contributed by atoms with van der Waals surface area (Å²) >= 11 is 5.83. The quantitative estimate of drug-likeness (QED) is 0.924. The summed E-state index contributed by atoms with van der Waals surface area (Å²) in [5.74, 6) is -0.431. The molecular weight excluding hydrogens is 305 g/mol. The third-order valence-electron chi connectivity index (χ3n) is 3.67. The predicted molar refractivity (Wildman–Crippen MR) is 75.1 cm³/mol. The highest BCUT2D eigenvalue weighted by molar-refractivity contribution is 7.91. The molecule has 1 aliphatic rings. The van der Waals surface area contributed by atoms with Crippen LogP contribution in [-0.4, -0.2) is 29.6 Å². The molecule has 20 heavy (non-hydrogen) atoms. The van der Waals surface area contributed by atoms with Crippen molar-refractivity contribution in [3.63, 3.8) is 0 Å². The van der Waals surface area contributed by atoms with Gasteiger partial charge in [-0.2, -0.15) is 0 Å². The summed E-state index contributed by atoms with van der Waals surface area (Å²) in [5, 5.41) is 10.3. The van der Waals surface area contributed by atoms with Crippen molar-refractivity contribution in [3.05, 3.63) is 34.7 Å². The lowest BCUT2D eigenvalue weighted by molar-refractivity contribution is 0.268. The lowest BCUT2D eigenvalue weighted by atomic mass is 10.2. The maximum Gasteiger partial charge on any atom is 0.152 e. The summed E-state index contributed by atoms with van der Waals surface area (Å²) in [6.45, 7) is -0.276. The number of aliphatic hydroxyl groups excluding tert-OH is 1. The van der Waals surface area contributed by atoms with Gasteiger partial charge in [0.2, 0.25) is 0 Å². The molecule has 0 amide bonds. The number of hydrogen-bond donors (Lipinski definition) is 1. The Kier molecular flexibility index (Phi) is 3.27. The molecule has 1 aliphatic heterocycles. The molecule has 1 fully saturated rings. The molecule has 1 saturated heterocycles. The van der Waals surface area contributed by atoms with Crippen molar-refractivity contribution >= 4 is 32.3 Å². The van der Waals surface area contributed by atoms with Crippen molar-refractivity contribution in [3.8, 4) is 0 Å². The van der Waals surface area contributed by atoms with Crippen LogP contribution < -0.4 is 0 Å². The van der Waals surface area contributed by atoms with Crippen molar-refractivity contribution in [2.24, 2.45) is 0 Å². The molecule has 4 nitrogen and oxygen atoms in total. The van der Waals surface area contributed by atoms with Crippen LogP contribution in [0.15, 0.2) is 18.2 Å². The standard InChI is InChI=1S/C13H13ClFNO3S/c14-9-3-8-4-11(6-17)16(13(8)12(15)5-9)10-1-2-20(18,19)7-10/h3-5,10,17H,1-2,6-7H2/t10-/m1/s1. The van der Waals surface area contributed by atoms with Gasteiger partial charge in [0.15, 0.2) is 9.84 Å². The van der Waals surface area contributed by atoms with Crippen LogP contribution in [0.2, 0.25) is 5.02 Å². The van der Waals surface area contributed by atoms with Crippen LogP contribution >= 0.6 is 11.6 Å². The van der Waals surface area contributed by atoms with E-state index in [4.69, 9.17) is 11.6 Å². The zero-order chi connectivity index (χ0) is 14.5. The molecule has 0 radical (unpaired) electrons. The minimum atomic E-state index is -3.09. The molecule has 7 heteroatoms. The molecule has 108 valence electrons. The summed E-state index contributed by atoms with van der Waals surface area (Å²) in [4.78, 5) is 0. The molecule has 1 N–H and O–H groups in total. The molecule has 1 atom stereocenters. The molecule has 0 saturated carbocycles. The molecular formula is C13H13ClFNO3S. The van der Waals surface area contributed by atoms with Crippen LogP contribution in [0.1, 0.15) is 18.2 Å². The smallest absolute Gasteiger partial charge is 0.152 e. The zero-order valence-corrected chi connectivity index (χ0v) is 12.1. The van der Waals surface area contributed by atoms with Crippen molar-refractivity contribution in [1.29, 1.82) is 0 Å². The summed E-state index contributed by atoms with van der Waals surface area (Å²) in [7, 11) is -3.09. The average Bonchev–Trinajstić information content (AvgIpc) is 2.88. The van der Waals surface area contributed by atoms with Crippen LogP contribution in [0, 0.1) is 5.82 Å². The Morgan fingerprint density at radius 2 is 2.15 bits per heavy atom. The minimum Gasteiger partial charge on any atom is -0.390 e. The number of hydrogen-bond acceptors (Lipinski definition) is 3. The van der Waals surface area contributed by atoms with Crippen LogP contribution in [-0.2, 0) is 16.4 Å². The van der Waals surface area contributed by atoms with Gasteiger partial charge >= 0.3 is 0 Å². The number of fused-ring (bicyclic) bond motifs is 1. The third-order valence-corrected chi connectivity index (χ3v) is 5.63. The monoisotopic (exact) mass is 317 g/mol. The van der Waals surface area contributed by atoms with Crippen LogP contribution in [0.3, 0.4) is 0 Å². The van der Waals surface area contributed by atoms with Crippen LogP contribution in [0.4, 0.5) is 4.39 Å². The van der Waals surface area contributed by atoms with E-state index in [1.54, 1.807) is 16.7 Å². The van der Waals surface area contributed by atoms with E-state index in [0.29, 0.717) is 23.0 Å². The lowest BCUT2D eigenvalue weighted by Crippen LogP contribution is -2.14. The van der Waals surface area contributed by atoms with Crippen molar-refractivity contribution in [2.45, 2.75) is 19.1 Å². The van der Waals surface area contributed by atoms with E-state index < -0.39 is 15.7 Å². The molecule has 3 rings (SSSR count). The minimum absolute atomic E-state index is 0.0220. The first-order chi connectivity index (χ1) is 9.41. The average molecular weight is 318 g/mol. The summed E-state index contributed by atoms with van der Waals surface area (Å²) < 4.78 is 39.0. The van der Waals surface area contributed by atoms with Crippen LogP contribution in [0.5, 0.6) is 0 Å². The number of nitrogens with zero attached hydrogens (tertiary/aromatic N) is 1. The Morgan fingerprint density at radius 1 is 1.40 bits per heavy atom. The highest BCUT2D eigenvalue weighted by Crippen LogP contribution is 2.33. The first-order valence-electron chi connectivity index (χ1n) is 6.21. The van der Waals surface area contributed by atoms with E-state index in [0.717, 1.165) is 0 Å². The van der Waals surface area contributed by atoms with Gasteiger partial charge in [0.25, 0.3) is 0 Å². The Hall–Kier alpha value is -1.11. The van der Waals surface area contributed by atoms with Gasteiger partial charge in [-0.1, -0.05) is 11.6 Å². The fraction of sp³-hybridized carbons (Fsp3) is 0.385. The Labute approximate surface area is 120 Å². The molecule has 0 aliphatic carbocycles. The number of aromatic nitrogens is 1. The molecule has 1 aromatic heterocycles. The van der Waals surface area contributed by atoms with Gasteiger partial charge in [-0.15, -0.1) is 0 Å². The van der Waals surface area contributed by atoms with E-state index in [1.165, 1.54) is 6.07 Å². The van der Waals surface area contributed by atoms with Gasteiger partial charge in [-0.3, -0.25) is 0 Å². The molecule has 0 bridgehead atoms. The Balaban J connectivity index is 2.23. The maximum atomic E-state index is 14.2. The first kappa shape index (κ1) is 13.9. The van der Waals surface area contributed by atoms with E-state index in [-0.39, 0.29) is 29.2 Å². The van der Waals surface area contributed by atoms with E-state index >= 15 is 0 Å². The Morgan fingerprint density at radius 3 is 2.75 bits per heavy atom. The SMILES string of the molecule is O=S1(=O)CC[C@@H](n2c(CO)cc3cc(Cl)cc(F)c32)C1. The van der Waals surface area contributed by atoms with Crippen molar-refractivity contribution < 1.29 is 17.9 Å². The van der Waals surface area contributed by atoms with Gasteiger partial charge in [-0.25, -0.2) is 12.8 Å². The van der Waals surface area contributed by atoms with Gasteiger partial charge in [0.1, 0.15) is 5.82 Å². The molecule has 2 aromatic rings. The number of halogens is 2. The summed E-state index contributed by atoms with van der Waals surface area (Å²) in [6, 6.07) is 4.12. The summed E-state index contributed by atoms with van der Waals surface area (Å²) in [5.41, 5.74) is 0.809. The lowest BCUT2D eigenvalue weighted by Gasteiger charge is -2.16. The second-order valence-electron chi connectivity index (χ2n) is 5.05. The number of sulfone groups is 1. The number of benzene rings is 1. The molecule has 0 unspecified atom stereocenters. The van der Waals surface area contributed by atoms with Gasteiger partial charge in [0, 0.05) is 22.1 Å². The van der Waals surface area contributed by atoms with E-state index in [9.17, 15) is 17.9 Å². The fourth-order valence-corrected chi connectivity index (χ4v) is 4.77. The highest BCUT2D eigenvalue weighted by atomic mass is 35.5. The molecule has 0 spiro atoms. The second kappa shape index (κ2) is 4.72. The van der Waals surface area contributed by atoms with E-state index in [2.05, 4.69) is 0 Å². The Bertz CT molecular complexity index is 785. The fourth-order valence-electron chi connectivity index (χ4n) is 2.86. The second-order valence-corrected chi connectivity index (χ2v) is 7.71. The zero-order valence-electron chi connectivity index (χ0n) is 10.5. The number of rotatable bonds is 2. The van der Waals surface area contributed by atoms with Gasteiger partial charge in [0.05, 0.1) is 23.6 Å². The van der Waals surface area contributed by atoms with Gasteiger partial charge < -0.3 is 9.67 Å². The normalized spacial score (nSPS) is 21.6.